The number of hydrogen-bond acceptors (Lipinski definition) is 6. The predicted molar refractivity (Wildman–Crippen MR) is 113 cm³/mol. The molecule has 150 valence electrons. The number of halogens is 1. The smallest absolute Gasteiger partial charge is 0.271 e. The molecule has 29 heavy (non-hydrogen) atoms. The van der Waals surface area contributed by atoms with Crippen molar-refractivity contribution in [1.82, 2.24) is 14.8 Å². The van der Waals surface area contributed by atoms with Crippen molar-refractivity contribution >= 4 is 40.6 Å². The molecule has 0 spiro atoms. The molecule has 0 aliphatic carbocycles. The topological polar surface area (TPSA) is 103 Å². The van der Waals surface area contributed by atoms with Gasteiger partial charge in [0.1, 0.15) is 0 Å². The van der Waals surface area contributed by atoms with Crippen LogP contribution in [-0.4, -0.2) is 31.3 Å². The highest BCUT2D eigenvalue weighted by Crippen LogP contribution is 2.28. The number of nitrogens with zero attached hydrogens (tertiary/aromatic N) is 4. The van der Waals surface area contributed by atoms with Gasteiger partial charge in [-0.25, -0.2) is 0 Å². The molecule has 0 aliphatic rings. The van der Waals surface area contributed by atoms with Gasteiger partial charge in [0.2, 0.25) is 5.91 Å². The van der Waals surface area contributed by atoms with Gasteiger partial charge in [-0.05, 0) is 19.9 Å². The van der Waals surface area contributed by atoms with Crippen LogP contribution in [0.3, 0.4) is 0 Å². The van der Waals surface area contributed by atoms with Gasteiger partial charge in [-0.2, -0.15) is 0 Å². The minimum atomic E-state index is -0.545. The summed E-state index contributed by atoms with van der Waals surface area (Å²) in [6, 6.07) is 11.9. The molecule has 0 unspecified atom stereocenters. The average molecular weight is 432 g/mol. The normalized spacial score (nSPS) is 10.7. The summed E-state index contributed by atoms with van der Waals surface area (Å²) >= 11 is 7.27. The molecule has 10 heteroatoms. The summed E-state index contributed by atoms with van der Waals surface area (Å²) in [5.41, 5.74) is 2.30. The summed E-state index contributed by atoms with van der Waals surface area (Å²) in [5, 5.41) is 22.6. The van der Waals surface area contributed by atoms with Gasteiger partial charge in [0.15, 0.2) is 11.0 Å². The van der Waals surface area contributed by atoms with Crippen molar-refractivity contribution in [2.24, 2.45) is 0 Å². The van der Waals surface area contributed by atoms with Crippen molar-refractivity contribution in [3.8, 4) is 11.4 Å². The number of aromatic nitrogens is 3. The number of hydrogen-bond donors (Lipinski definition) is 1. The highest BCUT2D eigenvalue weighted by molar-refractivity contribution is 7.99. The molecule has 8 nitrogen and oxygen atoms in total. The second kappa shape index (κ2) is 9.06. The van der Waals surface area contributed by atoms with Crippen molar-refractivity contribution in [3.63, 3.8) is 0 Å². The molecule has 0 saturated heterocycles. The van der Waals surface area contributed by atoms with Crippen molar-refractivity contribution in [2.45, 2.75) is 25.5 Å². The van der Waals surface area contributed by atoms with E-state index in [0.717, 1.165) is 17.0 Å². The molecule has 0 radical (unpaired) electrons. The first kappa shape index (κ1) is 20.8. The Morgan fingerprint density at radius 3 is 2.59 bits per heavy atom. The van der Waals surface area contributed by atoms with Crippen LogP contribution >= 0.6 is 23.4 Å². The van der Waals surface area contributed by atoms with E-state index in [9.17, 15) is 14.9 Å². The fraction of sp³-hybridized carbons (Fsp3) is 0.211. The number of aryl methyl sites for hydroxylation is 1. The summed E-state index contributed by atoms with van der Waals surface area (Å²) in [6.07, 6.45) is 0. The number of amides is 1. The van der Waals surface area contributed by atoms with E-state index in [0.29, 0.717) is 17.4 Å². The Hall–Kier alpha value is -2.91. The van der Waals surface area contributed by atoms with E-state index in [2.05, 4.69) is 15.5 Å². The lowest BCUT2D eigenvalue weighted by Crippen LogP contribution is -2.15. The molecule has 1 amide bonds. The lowest BCUT2D eigenvalue weighted by Gasteiger charge is -2.09. The van der Waals surface area contributed by atoms with Gasteiger partial charge in [0.05, 0.1) is 21.4 Å². The number of carbonyl (C=O) groups is 1. The van der Waals surface area contributed by atoms with Crippen LogP contribution in [0.1, 0.15) is 12.5 Å². The zero-order valence-corrected chi connectivity index (χ0v) is 17.3. The number of benzene rings is 2. The highest BCUT2D eigenvalue weighted by Gasteiger charge is 2.16. The minimum absolute atomic E-state index is 0.0966. The number of nitro benzene ring substituents is 1. The molecular formula is C19H18ClN5O3S. The first-order valence-electron chi connectivity index (χ1n) is 8.76. The van der Waals surface area contributed by atoms with Crippen molar-refractivity contribution in [2.75, 3.05) is 11.1 Å². The van der Waals surface area contributed by atoms with Crippen LogP contribution in [0.15, 0.2) is 47.6 Å². The van der Waals surface area contributed by atoms with Crippen LogP contribution in [0.25, 0.3) is 11.4 Å². The monoisotopic (exact) mass is 431 g/mol. The van der Waals surface area contributed by atoms with Crippen LogP contribution in [0.4, 0.5) is 11.4 Å². The fourth-order valence-electron chi connectivity index (χ4n) is 2.63. The van der Waals surface area contributed by atoms with Crippen molar-refractivity contribution < 1.29 is 9.72 Å². The summed E-state index contributed by atoms with van der Waals surface area (Å²) in [6.45, 7) is 4.67. The number of thioether (sulfide) groups is 1. The second-order valence-corrected chi connectivity index (χ2v) is 7.52. The maximum absolute atomic E-state index is 12.3. The number of nitro groups is 1. The van der Waals surface area contributed by atoms with Gasteiger partial charge >= 0.3 is 0 Å². The zero-order valence-electron chi connectivity index (χ0n) is 15.8. The van der Waals surface area contributed by atoms with Gasteiger partial charge in [0.25, 0.3) is 5.69 Å². The summed E-state index contributed by atoms with van der Waals surface area (Å²) in [4.78, 5) is 22.5. The number of carbonyl (C=O) groups excluding carboxylic acids is 1. The van der Waals surface area contributed by atoms with Gasteiger partial charge in [-0.15, -0.1) is 10.2 Å². The van der Waals surface area contributed by atoms with Crippen LogP contribution in [0, 0.1) is 17.0 Å². The third-order valence-corrected chi connectivity index (χ3v) is 5.39. The van der Waals surface area contributed by atoms with Gasteiger partial charge in [-0.1, -0.05) is 53.2 Å². The maximum Gasteiger partial charge on any atom is 0.271 e. The van der Waals surface area contributed by atoms with E-state index in [1.54, 1.807) is 0 Å². The molecule has 0 atom stereocenters. The molecule has 0 saturated carbocycles. The van der Waals surface area contributed by atoms with E-state index in [1.165, 1.54) is 30.0 Å². The standard InChI is InChI=1S/C19H18ClN5O3S/c1-3-24-18(13-6-4-12(2)5-7-13)22-23-19(24)29-11-17(26)21-16-9-8-14(25(27)28)10-15(16)20/h4-10H,3,11H2,1-2H3,(H,21,26). The summed E-state index contributed by atoms with van der Waals surface area (Å²) < 4.78 is 1.95. The molecule has 1 N–H and O–H groups in total. The molecule has 0 bridgehead atoms. The molecule has 1 aromatic heterocycles. The first-order valence-corrected chi connectivity index (χ1v) is 10.1. The van der Waals surface area contributed by atoms with Crippen LogP contribution in [-0.2, 0) is 11.3 Å². The Morgan fingerprint density at radius 2 is 1.97 bits per heavy atom. The number of anilines is 1. The summed E-state index contributed by atoms with van der Waals surface area (Å²) in [5.74, 6) is 0.543. The average Bonchev–Trinajstić information content (AvgIpc) is 3.11. The molecule has 0 fully saturated rings. The first-order chi connectivity index (χ1) is 13.9. The van der Waals surface area contributed by atoms with Crippen molar-refractivity contribution in [3.05, 3.63) is 63.2 Å². The second-order valence-electron chi connectivity index (χ2n) is 6.17. The van der Waals surface area contributed by atoms with Crippen LogP contribution in [0.2, 0.25) is 5.02 Å². The Morgan fingerprint density at radius 1 is 1.24 bits per heavy atom. The van der Waals surface area contributed by atoms with Crippen LogP contribution in [0.5, 0.6) is 0 Å². The molecular weight excluding hydrogens is 414 g/mol. The molecule has 1 heterocycles. The largest absolute Gasteiger partial charge is 0.324 e. The Bertz CT molecular complexity index is 1050. The third kappa shape index (κ3) is 4.93. The number of rotatable bonds is 7. The summed E-state index contributed by atoms with van der Waals surface area (Å²) in [7, 11) is 0. The molecule has 3 rings (SSSR count). The lowest BCUT2D eigenvalue weighted by molar-refractivity contribution is -0.384. The Balaban J connectivity index is 1.68. The fourth-order valence-corrected chi connectivity index (χ4v) is 3.66. The highest BCUT2D eigenvalue weighted by atomic mass is 35.5. The minimum Gasteiger partial charge on any atom is -0.324 e. The predicted octanol–water partition coefficient (Wildman–Crippen LogP) is 4.57. The molecule has 3 aromatic rings. The lowest BCUT2D eigenvalue weighted by atomic mass is 10.1. The Labute approximate surface area is 176 Å². The van der Waals surface area contributed by atoms with Crippen LogP contribution < -0.4 is 5.32 Å². The third-order valence-electron chi connectivity index (χ3n) is 4.11. The van der Waals surface area contributed by atoms with E-state index in [-0.39, 0.29) is 22.4 Å². The van der Waals surface area contributed by atoms with E-state index < -0.39 is 4.92 Å². The number of nitrogens with one attached hydrogen (secondary N) is 1. The van der Waals surface area contributed by atoms with E-state index in [1.807, 2.05) is 42.7 Å². The van der Waals surface area contributed by atoms with E-state index in [4.69, 9.17) is 11.6 Å². The van der Waals surface area contributed by atoms with Gasteiger partial charge in [0, 0.05) is 24.2 Å². The van der Waals surface area contributed by atoms with E-state index >= 15 is 0 Å². The SMILES string of the molecule is CCn1c(SCC(=O)Nc2ccc([N+](=O)[O-])cc2Cl)nnc1-c1ccc(C)cc1. The molecule has 2 aromatic carbocycles. The van der Waals surface area contributed by atoms with Gasteiger partial charge in [-0.3, -0.25) is 14.9 Å². The van der Waals surface area contributed by atoms with Crippen molar-refractivity contribution in [1.29, 1.82) is 0 Å². The number of non-ortho nitro benzene ring substituents is 1. The maximum atomic E-state index is 12.3. The Kier molecular flexibility index (Phi) is 6.50. The quantitative estimate of drug-likeness (QED) is 0.334. The molecule has 0 aliphatic heterocycles. The zero-order chi connectivity index (χ0) is 21.0. The van der Waals surface area contributed by atoms with Gasteiger partial charge < -0.3 is 9.88 Å².